The highest BCUT2D eigenvalue weighted by molar-refractivity contribution is 14.1. The van der Waals surface area contributed by atoms with Crippen LogP contribution >= 0.6 is 34.2 Å². The molecule has 1 aliphatic heterocycles. The van der Waals surface area contributed by atoms with Crippen LogP contribution in [0.1, 0.15) is 15.9 Å². The van der Waals surface area contributed by atoms with Crippen LogP contribution in [0, 0.1) is 3.57 Å². The van der Waals surface area contributed by atoms with E-state index in [-0.39, 0.29) is 17.3 Å². The van der Waals surface area contributed by atoms with Crippen molar-refractivity contribution in [3.05, 3.63) is 104 Å². The molecule has 3 aromatic rings. The maximum absolute atomic E-state index is 12.8. The first-order valence-corrected chi connectivity index (χ1v) is 11.5. The van der Waals surface area contributed by atoms with E-state index in [1.807, 2.05) is 42.5 Å². The minimum atomic E-state index is -0.530. The highest BCUT2D eigenvalue weighted by Crippen LogP contribution is 2.26. The van der Waals surface area contributed by atoms with Crippen LogP contribution in [0.25, 0.3) is 0 Å². The third-order valence-corrected chi connectivity index (χ3v) is 6.06. The highest BCUT2D eigenvalue weighted by Gasteiger charge is 2.37. The van der Waals surface area contributed by atoms with Crippen molar-refractivity contribution < 1.29 is 19.1 Å². The molecule has 0 unspecified atom stereocenters. The topological polar surface area (TPSA) is 75.7 Å². The number of halogens is 2. The molecule has 0 saturated carbocycles. The Morgan fingerprint density at radius 1 is 0.909 bits per heavy atom. The maximum Gasteiger partial charge on any atom is 0.343 e. The van der Waals surface area contributed by atoms with Crippen LogP contribution in [-0.2, 0) is 16.0 Å². The molecule has 3 aromatic carbocycles. The molecule has 0 aromatic heterocycles. The maximum atomic E-state index is 12.8. The van der Waals surface area contributed by atoms with Crippen molar-refractivity contribution in [2.45, 2.75) is 6.42 Å². The Bertz CT molecular complexity index is 1230. The number of esters is 1. The number of nitrogens with zero attached hydrogens (tertiary/aromatic N) is 1. The number of nitrogens with one attached hydrogen (secondary N) is 1. The SMILES string of the molecule is O=C(Oc1ccc(I)cc1)c1ccc(NC2=C(Cl)C(=O)N(CCc3ccccc3)C2=O)cc1. The Labute approximate surface area is 209 Å². The van der Waals surface area contributed by atoms with Crippen LogP contribution in [-0.4, -0.2) is 29.2 Å². The van der Waals surface area contributed by atoms with Gasteiger partial charge in [0.05, 0.1) is 5.56 Å². The number of hydrogen-bond donors (Lipinski definition) is 1. The smallest absolute Gasteiger partial charge is 0.343 e. The first-order valence-electron chi connectivity index (χ1n) is 10.1. The third kappa shape index (κ3) is 5.43. The molecule has 0 atom stereocenters. The number of benzene rings is 3. The summed E-state index contributed by atoms with van der Waals surface area (Å²) in [7, 11) is 0. The second-order valence-electron chi connectivity index (χ2n) is 7.23. The zero-order valence-corrected chi connectivity index (χ0v) is 20.2. The fourth-order valence-corrected chi connectivity index (χ4v) is 3.84. The molecule has 1 heterocycles. The van der Waals surface area contributed by atoms with Gasteiger partial charge in [-0.3, -0.25) is 14.5 Å². The average Bonchev–Trinajstić information content (AvgIpc) is 3.03. The van der Waals surface area contributed by atoms with Crippen molar-refractivity contribution in [2.75, 3.05) is 11.9 Å². The summed E-state index contributed by atoms with van der Waals surface area (Å²) in [5.74, 6) is -1.06. The number of rotatable bonds is 7. The minimum Gasteiger partial charge on any atom is -0.423 e. The lowest BCUT2D eigenvalue weighted by molar-refractivity contribution is -0.137. The van der Waals surface area contributed by atoms with Gasteiger partial charge in [-0.15, -0.1) is 0 Å². The number of carbonyl (C=O) groups is 3. The van der Waals surface area contributed by atoms with Crippen molar-refractivity contribution in [3.63, 3.8) is 0 Å². The van der Waals surface area contributed by atoms with Gasteiger partial charge in [0.15, 0.2) is 0 Å². The normalized spacial score (nSPS) is 13.5. The quantitative estimate of drug-likeness (QED) is 0.187. The van der Waals surface area contributed by atoms with Crippen molar-refractivity contribution in [3.8, 4) is 5.75 Å². The number of imide groups is 1. The number of carbonyl (C=O) groups excluding carboxylic acids is 3. The van der Waals surface area contributed by atoms with Gasteiger partial charge in [-0.25, -0.2) is 4.79 Å². The zero-order valence-electron chi connectivity index (χ0n) is 17.3. The minimum absolute atomic E-state index is 0.0175. The Hall–Kier alpha value is -3.17. The number of amides is 2. The van der Waals surface area contributed by atoms with E-state index in [1.54, 1.807) is 36.4 Å². The van der Waals surface area contributed by atoms with Gasteiger partial charge in [0.2, 0.25) is 0 Å². The lowest BCUT2D eigenvalue weighted by Crippen LogP contribution is -2.34. The molecule has 0 fully saturated rings. The number of hydrogen-bond acceptors (Lipinski definition) is 5. The van der Waals surface area contributed by atoms with Crippen LogP contribution < -0.4 is 10.1 Å². The molecule has 2 amide bonds. The van der Waals surface area contributed by atoms with E-state index in [4.69, 9.17) is 16.3 Å². The zero-order chi connectivity index (χ0) is 23.4. The van der Waals surface area contributed by atoms with Crippen LogP contribution in [0.4, 0.5) is 5.69 Å². The summed E-state index contributed by atoms with van der Waals surface area (Å²) in [6.07, 6.45) is 0.535. The van der Waals surface area contributed by atoms with Gasteiger partial charge >= 0.3 is 5.97 Å². The lowest BCUT2D eigenvalue weighted by atomic mass is 10.1. The predicted molar refractivity (Wildman–Crippen MR) is 134 cm³/mol. The summed E-state index contributed by atoms with van der Waals surface area (Å²) >= 11 is 8.33. The molecule has 0 saturated heterocycles. The largest absolute Gasteiger partial charge is 0.423 e. The molecule has 166 valence electrons. The van der Waals surface area contributed by atoms with Gasteiger partial charge in [-0.1, -0.05) is 41.9 Å². The Morgan fingerprint density at radius 3 is 2.24 bits per heavy atom. The second-order valence-corrected chi connectivity index (χ2v) is 8.86. The summed E-state index contributed by atoms with van der Waals surface area (Å²) < 4.78 is 6.39. The van der Waals surface area contributed by atoms with E-state index in [0.29, 0.717) is 23.4 Å². The molecular formula is C25H18ClIN2O4. The molecule has 33 heavy (non-hydrogen) atoms. The Balaban J connectivity index is 1.39. The van der Waals surface area contributed by atoms with E-state index in [1.165, 1.54) is 0 Å². The van der Waals surface area contributed by atoms with Crippen LogP contribution in [0.5, 0.6) is 5.75 Å². The number of anilines is 1. The Morgan fingerprint density at radius 2 is 1.58 bits per heavy atom. The molecule has 0 bridgehead atoms. The highest BCUT2D eigenvalue weighted by atomic mass is 127. The predicted octanol–water partition coefficient (Wildman–Crippen LogP) is 4.98. The summed E-state index contributed by atoms with van der Waals surface area (Å²) in [6.45, 7) is 0.229. The van der Waals surface area contributed by atoms with E-state index in [9.17, 15) is 14.4 Å². The van der Waals surface area contributed by atoms with Crippen LogP contribution in [0.15, 0.2) is 89.6 Å². The monoisotopic (exact) mass is 572 g/mol. The van der Waals surface area contributed by atoms with E-state index >= 15 is 0 Å². The molecule has 0 radical (unpaired) electrons. The standard InChI is InChI=1S/C25H18ClIN2O4/c26-21-22(24(31)29(23(21)30)15-14-16-4-2-1-3-5-16)28-19-10-6-17(7-11-19)25(32)33-20-12-8-18(27)9-13-20/h1-13,28H,14-15H2. The summed E-state index contributed by atoms with van der Waals surface area (Å²) in [6, 6.07) is 23.1. The Kier molecular flexibility index (Phi) is 7.10. The first kappa shape index (κ1) is 23.0. The fraction of sp³-hybridized carbons (Fsp3) is 0.0800. The van der Waals surface area contributed by atoms with Crippen molar-refractivity contribution in [1.82, 2.24) is 4.90 Å². The molecule has 8 heteroatoms. The van der Waals surface area contributed by atoms with Gasteiger partial charge in [0.25, 0.3) is 11.8 Å². The van der Waals surface area contributed by atoms with E-state index < -0.39 is 17.8 Å². The summed E-state index contributed by atoms with van der Waals surface area (Å²) in [5.41, 5.74) is 1.89. The molecule has 1 N–H and O–H groups in total. The van der Waals surface area contributed by atoms with Gasteiger partial charge in [0, 0.05) is 15.8 Å². The molecule has 0 spiro atoms. The fourth-order valence-electron chi connectivity index (χ4n) is 3.25. The van der Waals surface area contributed by atoms with Crippen LogP contribution in [0.2, 0.25) is 0 Å². The summed E-state index contributed by atoms with van der Waals surface area (Å²) in [5, 5.41) is 2.75. The van der Waals surface area contributed by atoms with Crippen LogP contribution in [0.3, 0.4) is 0 Å². The average molecular weight is 573 g/mol. The molecule has 1 aliphatic rings. The lowest BCUT2D eigenvalue weighted by Gasteiger charge is -2.15. The molecule has 6 nitrogen and oxygen atoms in total. The van der Waals surface area contributed by atoms with Gasteiger partial charge in [-0.05, 0) is 83.1 Å². The van der Waals surface area contributed by atoms with Gasteiger partial charge < -0.3 is 10.1 Å². The molecule has 0 aliphatic carbocycles. The third-order valence-electron chi connectivity index (χ3n) is 4.99. The van der Waals surface area contributed by atoms with E-state index in [0.717, 1.165) is 14.0 Å². The van der Waals surface area contributed by atoms with Crippen molar-refractivity contribution in [2.24, 2.45) is 0 Å². The molecule has 4 rings (SSSR count). The number of ether oxygens (including phenoxy) is 1. The first-order chi connectivity index (χ1) is 15.9. The van der Waals surface area contributed by atoms with Crippen molar-refractivity contribution >= 4 is 57.7 Å². The van der Waals surface area contributed by atoms with Gasteiger partial charge in [-0.2, -0.15) is 0 Å². The second kappa shape index (κ2) is 10.2. The van der Waals surface area contributed by atoms with Crippen molar-refractivity contribution in [1.29, 1.82) is 0 Å². The van der Waals surface area contributed by atoms with Gasteiger partial charge in [0.1, 0.15) is 16.5 Å². The van der Waals surface area contributed by atoms with E-state index in [2.05, 4.69) is 27.9 Å². The summed E-state index contributed by atoms with van der Waals surface area (Å²) in [4.78, 5) is 38.8. The molecular weight excluding hydrogens is 555 g/mol.